The van der Waals surface area contributed by atoms with Crippen molar-refractivity contribution in [2.24, 2.45) is 11.3 Å². The Morgan fingerprint density at radius 3 is 1.58 bits per heavy atom. The topological polar surface area (TPSA) is 93.7 Å². The average Bonchev–Trinajstić information content (AvgIpc) is 2.69. The van der Waals surface area contributed by atoms with Gasteiger partial charge in [-0.3, -0.25) is 15.4 Å². The van der Waals surface area contributed by atoms with Crippen LogP contribution in [0.25, 0.3) is 0 Å². The molecule has 0 aliphatic heterocycles. The lowest BCUT2D eigenvalue weighted by atomic mass is 9.62. The van der Waals surface area contributed by atoms with Gasteiger partial charge < -0.3 is 9.47 Å². The molecule has 1 unspecified atom stereocenters. The summed E-state index contributed by atoms with van der Waals surface area (Å²) in [5.41, 5.74) is -10.3. The number of hydrogen-bond donors (Lipinski definition) is 2. The molecule has 1 aliphatic rings. The fourth-order valence-electron chi connectivity index (χ4n) is 4.01. The van der Waals surface area contributed by atoms with Crippen molar-refractivity contribution in [3.05, 3.63) is 48.0 Å². The minimum absolute atomic E-state index is 0.382. The third-order valence-corrected chi connectivity index (χ3v) is 5.46. The van der Waals surface area contributed by atoms with Crippen molar-refractivity contribution in [3.63, 3.8) is 0 Å². The number of ether oxygens (including phenoxy) is 2. The molecule has 13 heteroatoms. The van der Waals surface area contributed by atoms with E-state index in [1.807, 2.05) is 10.6 Å². The van der Waals surface area contributed by atoms with Crippen LogP contribution in [0.15, 0.2) is 42.5 Å². The molecule has 2 amide bonds. The summed E-state index contributed by atoms with van der Waals surface area (Å²) in [5.74, 6) is -4.21. The maximum Gasteiger partial charge on any atom is 0.409 e. The number of ketones is 1. The summed E-state index contributed by atoms with van der Waals surface area (Å²) >= 11 is 0. The zero-order valence-electron chi connectivity index (χ0n) is 21.6. The number of allylic oxidation sites excluding steroid dienone is 1. The van der Waals surface area contributed by atoms with E-state index in [4.69, 9.17) is 9.47 Å². The molecule has 0 saturated heterocycles. The van der Waals surface area contributed by atoms with E-state index in [1.54, 1.807) is 0 Å². The quantitative estimate of drug-likeness (QED) is 0.198. The van der Waals surface area contributed by atoms with Crippen LogP contribution < -0.4 is 10.6 Å². The molecule has 0 heterocycles. The highest BCUT2D eigenvalue weighted by atomic mass is 19.4. The second kappa shape index (κ2) is 10.1. The van der Waals surface area contributed by atoms with Gasteiger partial charge in [-0.15, -0.1) is 0 Å². The van der Waals surface area contributed by atoms with Gasteiger partial charge in [0.05, 0.1) is 5.92 Å². The van der Waals surface area contributed by atoms with Gasteiger partial charge in [0.2, 0.25) is 0 Å². The van der Waals surface area contributed by atoms with Crippen LogP contribution in [-0.4, -0.2) is 47.2 Å². The standard InChI is InChI=1S/C25H30F6N2O5/c1-20(2,3)37-18(35)32-22(33-19(36)38-21(4,5)6)13-12-16(17(34)15-10-8-7-9-11-15)23(14-22,24(26,27)28)25(29,30)31/h7-13,16H,14H2,1-6H3,(H,32,35)(H,33,36). The van der Waals surface area contributed by atoms with Gasteiger partial charge in [-0.25, -0.2) is 9.59 Å². The average molecular weight is 553 g/mol. The molecular weight excluding hydrogens is 522 g/mol. The monoisotopic (exact) mass is 552 g/mol. The Labute approximate surface area is 215 Å². The molecule has 0 bridgehead atoms. The van der Waals surface area contributed by atoms with E-state index < -0.39 is 64.9 Å². The van der Waals surface area contributed by atoms with E-state index in [0.717, 1.165) is 12.1 Å². The minimum Gasteiger partial charge on any atom is -0.444 e. The number of carbonyl (C=O) groups is 3. The molecule has 0 spiro atoms. The van der Waals surface area contributed by atoms with E-state index in [1.165, 1.54) is 59.7 Å². The van der Waals surface area contributed by atoms with Gasteiger partial charge in [-0.2, -0.15) is 26.3 Å². The normalized spacial score (nSPS) is 19.3. The first kappa shape index (κ1) is 31.0. The molecule has 0 radical (unpaired) electrons. The van der Waals surface area contributed by atoms with Crippen molar-refractivity contribution in [1.82, 2.24) is 10.6 Å². The maximum absolute atomic E-state index is 14.6. The van der Waals surface area contributed by atoms with Crippen LogP contribution in [0.4, 0.5) is 35.9 Å². The highest BCUT2D eigenvalue weighted by Gasteiger charge is 2.77. The predicted molar refractivity (Wildman–Crippen MR) is 124 cm³/mol. The third kappa shape index (κ3) is 6.98. The summed E-state index contributed by atoms with van der Waals surface area (Å²) in [6.07, 6.45) is -15.8. The molecule has 0 saturated carbocycles. The first-order valence-corrected chi connectivity index (χ1v) is 11.5. The summed E-state index contributed by atoms with van der Waals surface area (Å²) in [6, 6.07) is 6.21. The lowest BCUT2D eigenvalue weighted by molar-refractivity contribution is -0.356. The zero-order chi connectivity index (χ0) is 29.4. The van der Waals surface area contributed by atoms with Gasteiger partial charge in [0, 0.05) is 12.0 Å². The van der Waals surface area contributed by atoms with Gasteiger partial charge >= 0.3 is 24.5 Å². The number of benzene rings is 1. The van der Waals surface area contributed by atoms with E-state index in [0.29, 0.717) is 12.2 Å². The Morgan fingerprint density at radius 1 is 0.789 bits per heavy atom. The van der Waals surface area contributed by atoms with E-state index in [9.17, 15) is 40.7 Å². The van der Waals surface area contributed by atoms with Gasteiger partial charge in [0.25, 0.3) is 0 Å². The van der Waals surface area contributed by atoms with Crippen molar-refractivity contribution in [3.8, 4) is 0 Å². The molecular formula is C25H30F6N2O5. The van der Waals surface area contributed by atoms with Crippen molar-refractivity contribution in [2.75, 3.05) is 0 Å². The number of alkyl halides is 6. The second-order valence-corrected chi connectivity index (χ2v) is 10.9. The molecule has 1 aromatic rings. The van der Waals surface area contributed by atoms with Crippen LogP contribution in [-0.2, 0) is 9.47 Å². The Kier molecular flexibility index (Phi) is 8.26. The highest BCUT2D eigenvalue weighted by molar-refractivity contribution is 6.00. The SMILES string of the molecule is CC(C)(C)OC(=O)NC1(NC(=O)OC(C)(C)C)C=CC(C(=O)c2ccccc2)C(C(F)(F)F)(C(F)(F)F)C1. The van der Waals surface area contributed by atoms with Gasteiger partial charge in [0.1, 0.15) is 16.9 Å². The minimum atomic E-state index is -6.05. The summed E-state index contributed by atoms with van der Waals surface area (Å²) in [7, 11) is 0. The molecule has 1 atom stereocenters. The van der Waals surface area contributed by atoms with Gasteiger partial charge in [-0.05, 0) is 47.6 Å². The Balaban J connectivity index is 2.76. The van der Waals surface area contributed by atoms with Gasteiger partial charge in [0.15, 0.2) is 11.2 Å². The van der Waals surface area contributed by atoms with E-state index in [-0.39, 0.29) is 5.56 Å². The molecule has 0 aromatic heterocycles. The Hall–Kier alpha value is -3.25. The van der Waals surface area contributed by atoms with Crippen LogP contribution in [0.3, 0.4) is 0 Å². The van der Waals surface area contributed by atoms with Crippen LogP contribution in [0.1, 0.15) is 58.3 Å². The van der Waals surface area contributed by atoms with Crippen molar-refractivity contribution < 1.29 is 50.2 Å². The number of Topliss-reactive ketones (excluding diaryl/α,β-unsaturated/α-hetero) is 1. The molecule has 2 N–H and O–H groups in total. The van der Waals surface area contributed by atoms with Crippen LogP contribution in [0.2, 0.25) is 0 Å². The van der Waals surface area contributed by atoms with Crippen LogP contribution in [0.5, 0.6) is 0 Å². The molecule has 1 aliphatic carbocycles. The van der Waals surface area contributed by atoms with Crippen LogP contribution in [0, 0.1) is 11.3 Å². The molecule has 7 nitrogen and oxygen atoms in total. The van der Waals surface area contributed by atoms with E-state index in [2.05, 4.69) is 0 Å². The van der Waals surface area contributed by atoms with Crippen LogP contribution >= 0.6 is 0 Å². The Bertz CT molecular complexity index is 1020. The fraction of sp³-hybridized carbons (Fsp3) is 0.560. The molecule has 38 heavy (non-hydrogen) atoms. The summed E-state index contributed by atoms with van der Waals surface area (Å²) in [5, 5.41) is 3.87. The van der Waals surface area contributed by atoms with E-state index >= 15 is 0 Å². The molecule has 212 valence electrons. The third-order valence-electron chi connectivity index (χ3n) is 5.46. The van der Waals surface area contributed by atoms with Crippen molar-refractivity contribution in [2.45, 2.75) is 77.2 Å². The lowest BCUT2D eigenvalue weighted by Gasteiger charge is -2.49. The number of amides is 2. The molecule has 0 fully saturated rings. The number of halogens is 6. The maximum atomic E-state index is 14.6. The molecule has 2 rings (SSSR count). The predicted octanol–water partition coefficient (Wildman–Crippen LogP) is 6.30. The Morgan fingerprint density at radius 2 is 1.21 bits per heavy atom. The first-order chi connectivity index (χ1) is 17.0. The van der Waals surface area contributed by atoms with Crippen molar-refractivity contribution >= 4 is 18.0 Å². The second-order valence-electron chi connectivity index (χ2n) is 10.9. The first-order valence-electron chi connectivity index (χ1n) is 11.5. The van der Waals surface area contributed by atoms with Crippen molar-refractivity contribution in [1.29, 1.82) is 0 Å². The number of rotatable bonds is 4. The zero-order valence-corrected chi connectivity index (χ0v) is 21.6. The number of hydrogen-bond acceptors (Lipinski definition) is 5. The largest absolute Gasteiger partial charge is 0.444 e. The summed E-state index contributed by atoms with van der Waals surface area (Å²) in [6.45, 7) is 8.51. The smallest absolute Gasteiger partial charge is 0.409 e. The lowest BCUT2D eigenvalue weighted by Crippen LogP contribution is -2.70. The van der Waals surface area contributed by atoms with Gasteiger partial charge in [-0.1, -0.05) is 36.4 Å². The molecule has 1 aromatic carbocycles. The highest BCUT2D eigenvalue weighted by Crippen LogP contribution is 2.61. The summed E-state index contributed by atoms with van der Waals surface area (Å²) < 4.78 is 97.6. The number of alkyl carbamates (subject to hydrolysis) is 2. The fourth-order valence-corrected chi connectivity index (χ4v) is 4.01. The number of carbonyl (C=O) groups excluding carboxylic acids is 3. The number of nitrogens with one attached hydrogen (secondary N) is 2. The summed E-state index contributed by atoms with van der Waals surface area (Å²) in [4.78, 5) is 38.2.